The second kappa shape index (κ2) is 8.95. The lowest BCUT2D eigenvalue weighted by atomic mass is 10.1. The fourth-order valence-electron chi connectivity index (χ4n) is 4.42. The molecule has 0 spiro atoms. The Bertz CT molecular complexity index is 1380. The van der Waals surface area contributed by atoms with E-state index in [1.165, 1.54) is 32.9 Å². The van der Waals surface area contributed by atoms with E-state index in [0.29, 0.717) is 0 Å². The molecule has 0 unspecified atom stereocenters. The number of hydrogen-bond acceptors (Lipinski definition) is 2. The van der Waals surface area contributed by atoms with Gasteiger partial charge in [-0.1, -0.05) is 62.4 Å². The number of hydrazone groups is 1. The molecule has 0 aliphatic heterocycles. The molecule has 4 aromatic carbocycles. The summed E-state index contributed by atoms with van der Waals surface area (Å²) in [5.41, 5.74) is 8.32. The molecule has 5 aromatic rings. The van der Waals surface area contributed by atoms with Crippen LogP contribution in [0.15, 0.2) is 96.1 Å². The molecule has 0 saturated carbocycles. The molecular formula is C30H29N3. The molecule has 0 N–H and O–H groups in total. The third-order valence-corrected chi connectivity index (χ3v) is 6.44. The Balaban J connectivity index is 1.55. The molecule has 0 fully saturated rings. The summed E-state index contributed by atoms with van der Waals surface area (Å²) in [5.74, 6) is 0. The van der Waals surface area contributed by atoms with Crippen molar-refractivity contribution in [2.45, 2.75) is 26.7 Å². The minimum Gasteiger partial charge on any atom is -0.344 e. The number of rotatable bonds is 6. The number of aryl methyl sites for hydroxylation is 3. The van der Waals surface area contributed by atoms with E-state index in [0.717, 1.165) is 29.8 Å². The first-order valence-electron chi connectivity index (χ1n) is 11.7. The van der Waals surface area contributed by atoms with Gasteiger partial charge in [0.2, 0.25) is 0 Å². The third-order valence-electron chi connectivity index (χ3n) is 6.44. The molecular weight excluding hydrogens is 402 g/mol. The fraction of sp³-hybridized carbons (Fsp3) is 0.167. The van der Waals surface area contributed by atoms with Crippen LogP contribution in [0.4, 0.5) is 11.4 Å². The second-order valence-corrected chi connectivity index (χ2v) is 8.45. The lowest BCUT2D eigenvalue weighted by Gasteiger charge is -2.20. The van der Waals surface area contributed by atoms with Gasteiger partial charge < -0.3 is 4.57 Å². The Morgan fingerprint density at radius 3 is 1.88 bits per heavy atom. The maximum absolute atomic E-state index is 4.94. The van der Waals surface area contributed by atoms with Crippen LogP contribution in [0.1, 0.15) is 30.5 Å². The van der Waals surface area contributed by atoms with Gasteiger partial charge in [-0.15, -0.1) is 0 Å². The van der Waals surface area contributed by atoms with Crippen molar-refractivity contribution in [1.29, 1.82) is 0 Å². The van der Waals surface area contributed by atoms with Crippen molar-refractivity contribution in [2.75, 3.05) is 5.01 Å². The minimum atomic E-state index is 1.03. The zero-order chi connectivity index (χ0) is 22.8. The lowest BCUT2D eigenvalue weighted by molar-refractivity contribution is 1.01. The molecule has 5 rings (SSSR count). The Labute approximate surface area is 195 Å². The van der Waals surface area contributed by atoms with E-state index in [4.69, 9.17) is 5.10 Å². The SMILES string of the molecule is CCc1ccc(N(/N=C\c2ccc3c(c2)c2ccccc2n3C)c2ccc(CC)cc2)cc1. The third kappa shape index (κ3) is 4.03. The van der Waals surface area contributed by atoms with Gasteiger partial charge in [-0.2, -0.15) is 5.10 Å². The molecule has 1 heterocycles. The van der Waals surface area contributed by atoms with Crippen LogP contribution < -0.4 is 5.01 Å². The molecule has 0 bridgehead atoms. The topological polar surface area (TPSA) is 20.5 Å². The van der Waals surface area contributed by atoms with E-state index >= 15 is 0 Å². The summed E-state index contributed by atoms with van der Waals surface area (Å²) in [6.07, 6.45) is 4.02. The van der Waals surface area contributed by atoms with Gasteiger partial charge in [0, 0.05) is 28.9 Å². The molecule has 0 saturated heterocycles. The van der Waals surface area contributed by atoms with E-state index in [1.54, 1.807) is 0 Å². The molecule has 0 atom stereocenters. The standard InChI is InChI=1S/C30H29N3/c1-4-22-10-15-25(16-11-22)33(26-17-12-23(5-2)13-18-26)31-21-24-14-19-30-28(20-24)27-8-6-7-9-29(27)32(30)3/h6-21H,4-5H2,1-3H3/b31-21-. The van der Waals surface area contributed by atoms with Crippen LogP contribution in [0.5, 0.6) is 0 Å². The van der Waals surface area contributed by atoms with Crippen molar-refractivity contribution >= 4 is 39.4 Å². The van der Waals surface area contributed by atoms with Crippen molar-refractivity contribution in [3.05, 3.63) is 108 Å². The summed E-state index contributed by atoms with van der Waals surface area (Å²) in [5, 5.41) is 9.48. The number of nitrogens with zero attached hydrogens (tertiary/aromatic N) is 3. The van der Waals surface area contributed by atoms with Crippen LogP contribution in [0, 0.1) is 0 Å². The maximum atomic E-state index is 4.94. The van der Waals surface area contributed by atoms with Gasteiger partial charge in [0.05, 0.1) is 17.6 Å². The highest BCUT2D eigenvalue weighted by atomic mass is 15.5. The summed E-state index contributed by atoms with van der Waals surface area (Å²) in [6, 6.07) is 32.4. The number of aromatic nitrogens is 1. The van der Waals surface area contributed by atoms with Crippen molar-refractivity contribution in [3.8, 4) is 0 Å². The maximum Gasteiger partial charge on any atom is 0.0652 e. The smallest absolute Gasteiger partial charge is 0.0652 e. The summed E-state index contributed by atoms with van der Waals surface area (Å²) < 4.78 is 2.25. The van der Waals surface area contributed by atoms with E-state index in [1.807, 2.05) is 11.2 Å². The van der Waals surface area contributed by atoms with Gasteiger partial charge in [0.15, 0.2) is 0 Å². The van der Waals surface area contributed by atoms with E-state index in [9.17, 15) is 0 Å². The highest BCUT2D eigenvalue weighted by Gasteiger charge is 2.10. The van der Waals surface area contributed by atoms with Crippen LogP contribution >= 0.6 is 0 Å². The number of fused-ring (bicyclic) bond motifs is 3. The Morgan fingerprint density at radius 1 is 0.697 bits per heavy atom. The first-order valence-corrected chi connectivity index (χ1v) is 11.7. The molecule has 0 aliphatic carbocycles. The van der Waals surface area contributed by atoms with Crippen LogP contribution in [0.25, 0.3) is 21.8 Å². The molecule has 164 valence electrons. The highest BCUT2D eigenvalue weighted by Crippen LogP contribution is 2.29. The summed E-state index contributed by atoms with van der Waals surface area (Å²) in [6.45, 7) is 4.36. The quantitative estimate of drug-likeness (QED) is 0.200. The predicted octanol–water partition coefficient (Wildman–Crippen LogP) is 7.63. The zero-order valence-electron chi connectivity index (χ0n) is 19.5. The van der Waals surface area contributed by atoms with Crippen molar-refractivity contribution < 1.29 is 0 Å². The van der Waals surface area contributed by atoms with Crippen LogP contribution in [0.2, 0.25) is 0 Å². The number of para-hydroxylation sites is 1. The van der Waals surface area contributed by atoms with E-state index in [-0.39, 0.29) is 0 Å². The van der Waals surface area contributed by atoms with Crippen molar-refractivity contribution in [1.82, 2.24) is 4.57 Å². The first kappa shape index (κ1) is 21.0. The number of hydrogen-bond donors (Lipinski definition) is 0. The molecule has 0 aliphatic rings. The summed E-state index contributed by atoms with van der Waals surface area (Å²) in [7, 11) is 2.13. The normalized spacial score (nSPS) is 11.6. The van der Waals surface area contributed by atoms with Gasteiger partial charge in [-0.05, 0) is 72.0 Å². The predicted molar refractivity (Wildman–Crippen MR) is 142 cm³/mol. The van der Waals surface area contributed by atoms with Crippen molar-refractivity contribution in [3.63, 3.8) is 0 Å². The monoisotopic (exact) mass is 431 g/mol. The molecule has 33 heavy (non-hydrogen) atoms. The molecule has 0 radical (unpaired) electrons. The van der Waals surface area contributed by atoms with Gasteiger partial charge >= 0.3 is 0 Å². The fourth-order valence-corrected chi connectivity index (χ4v) is 4.42. The van der Waals surface area contributed by atoms with Crippen LogP contribution in [-0.4, -0.2) is 10.8 Å². The molecule has 3 heteroatoms. The Morgan fingerprint density at radius 2 is 1.27 bits per heavy atom. The molecule has 1 aromatic heterocycles. The summed E-state index contributed by atoms with van der Waals surface area (Å²) in [4.78, 5) is 0. The lowest BCUT2D eigenvalue weighted by Crippen LogP contribution is -2.09. The summed E-state index contributed by atoms with van der Waals surface area (Å²) >= 11 is 0. The van der Waals surface area contributed by atoms with E-state index < -0.39 is 0 Å². The van der Waals surface area contributed by atoms with Gasteiger partial charge in [0.1, 0.15) is 0 Å². The van der Waals surface area contributed by atoms with Gasteiger partial charge in [0.25, 0.3) is 0 Å². The molecule has 3 nitrogen and oxygen atoms in total. The Kier molecular flexibility index (Phi) is 5.70. The Hall–Kier alpha value is -3.85. The minimum absolute atomic E-state index is 1.03. The number of anilines is 2. The number of benzene rings is 4. The zero-order valence-corrected chi connectivity index (χ0v) is 19.5. The highest BCUT2D eigenvalue weighted by molar-refractivity contribution is 6.09. The molecule has 0 amide bonds. The van der Waals surface area contributed by atoms with Crippen LogP contribution in [0.3, 0.4) is 0 Å². The van der Waals surface area contributed by atoms with Gasteiger partial charge in [-0.3, -0.25) is 0 Å². The largest absolute Gasteiger partial charge is 0.344 e. The second-order valence-electron chi connectivity index (χ2n) is 8.45. The van der Waals surface area contributed by atoms with Crippen LogP contribution in [-0.2, 0) is 19.9 Å². The van der Waals surface area contributed by atoms with Crippen molar-refractivity contribution in [2.24, 2.45) is 12.1 Å². The average molecular weight is 432 g/mol. The van der Waals surface area contributed by atoms with Gasteiger partial charge in [-0.25, -0.2) is 5.01 Å². The van der Waals surface area contributed by atoms with E-state index in [2.05, 4.69) is 116 Å². The first-order chi connectivity index (χ1) is 16.2. The average Bonchev–Trinajstić information content (AvgIpc) is 3.16.